The van der Waals surface area contributed by atoms with Gasteiger partial charge in [-0.2, -0.15) is 4.98 Å². The van der Waals surface area contributed by atoms with Gasteiger partial charge in [0.25, 0.3) is 0 Å². The summed E-state index contributed by atoms with van der Waals surface area (Å²) < 4.78 is 1.75. The molecule has 2 aromatic rings. The fraction of sp³-hybridized carbons (Fsp3) is 0.538. The monoisotopic (exact) mass is 246 g/mol. The first-order valence-electron chi connectivity index (χ1n) is 6.52. The standard InChI is InChI=1S/C13H18N4O/c18-10-13(7-3-1-4-8-13)15-12-14-11-6-2-5-9-17(11)16-12/h2,5-6,9,18H,1,3-4,7-8,10H2,(H,15,16). The third kappa shape index (κ3) is 2.06. The molecule has 1 saturated carbocycles. The van der Waals surface area contributed by atoms with Crippen molar-refractivity contribution in [3.05, 3.63) is 24.4 Å². The van der Waals surface area contributed by atoms with Gasteiger partial charge in [0.05, 0.1) is 12.1 Å². The molecule has 0 radical (unpaired) electrons. The van der Waals surface area contributed by atoms with Crippen molar-refractivity contribution < 1.29 is 5.11 Å². The molecule has 0 atom stereocenters. The average Bonchev–Trinajstić information content (AvgIpc) is 2.81. The normalized spacial score (nSPS) is 18.9. The Morgan fingerprint density at radius 1 is 1.28 bits per heavy atom. The van der Waals surface area contributed by atoms with Crippen LogP contribution in [-0.4, -0.2) is 31.9 Å². The van der Waals surface area contributed by atoms with Gasteiger partial charge in [0.2, 0.25) is 5.95 Å². The predicted molar refractivity (Wildman–Crippen MR) is 69.5 cm³/mol. The summed E-state index contributed by atoms with van der Waals surface area (Å²) in [7, 11) is 0. The van der Waals surface area contributed by atoms with Crippen molar-refractivity contribution in [1.29, 1.82) is 0 Å². The Bertz CT molecular complexity index is 498. The highest BCUT2D eigenvalue weighted by atomic mass is 16.3. The Balaban J connectivity index is 1.85. The summed E-state index contributed by atoms with van der Waals surface area (Å²) in [6, 6.07) is 5.79. The van der Waals surface area contributed by atoms with Gasteiger partial charge in [0.1, 0.15) is 0 Å². The smallest absolute Gasteiger partial charge is 0.243 e. The first-order valence-corrected chi connectivity index (χ1v) is 6.52. The highest BCUT2D eigenvalue weighted by molar-refractivity contribution is 5.44. The molecule has 0 saturated heterocycles. The minimum atomic E-state index is -0.233. The van der Waals surface area contributed by atoms with Crippen molar-refractivity contribution in [2.24, 2.45) is 0 Å². The van der Waals surface area contributed by atoms with Crippen LogP contribution in [-0.2, 0) is 0 Å². The molecular weight excluding hydrogens is 228 g/mol. The molecule has 0 amide bonds. The van der Waals surface area contributed by atoms with E-state index in [9.17, 15) is 5.11 Å². The maximum absolute atomic E-state index is 9.65. The molecule has 0 spiro atoms. The van der Waals surface area contributed by atoms with E-state index < -0.39 is 0 Å². The molecule has 0 bridgehead atoms. The number of aliphatic hydroxyl groups is 1. The minimum Gasteiger partial charge on any atom is -0.394 e. The molecule has 18 heavy (non-hydrogen) atoms. The van der Waals surface area contributed by atoms with Crippen LogP contribution in [0.1, 0.15) is 32.1 Å². The third-order valence-electron chi connectivity index (χ3n) is 3.73. The lowest BCUT2D eigenvalue weighted by Crippen LogP contribution is -2.44. The summed E-state index contributed by atoms with van der Waals surface area (Å²) in [6.07, 6.45) is 7.40. The van der Waals surface area contributed by atoms with E-state index in [-0.39, 0.29) is 12.1 Å². The minimum absolute atomic E-state index is 0.141. The first kappa shape index (κ1) is 11.5. The Labute approximate surface area is 106 Å². The van der Waals surface area contributed by atoms with Gasteiger partial charge < -0.3 is 10.4 Å². The zero-order chi connectivity index (χ0) is 12.4. The summed E-state index contributed by atoms with van der Waals surface area (Å²) in [4.78, 5) is 4.43. The number of aliphatic hydroxyl groups excluding tert-OH is 1. The summed E-state index contributed by atoms with van der Waals surface area (Å²) >= 11 is 0. The second kappa shape index (κ2) is 4.57. The summed E-state index contributed by atoms with van der Waals surface area (Å²) in [6.45, 7) is 0.141. The number of aromatic nitrogens is 3. The number of rotatable bonds is 3. The second-order valence-electron chi connectivity index (χ2n) is 5.06. The van der Waals surface area contributed by atoms with Gasteiger partial charge in [0.15, 0.2) is 5.65 Å². The van der Waals surface area contributed by atoms with Crippen LogP contribution in [0.25, 0.3) is 5.65 Å². The maximum Gasteiger partial charge on any atom is 0.243 e. The van der Waals surface area contributed by atoms with E-state index in [1.54, 1.807) is 4.52 Å². The third-order valence-corrected chi connectivity index (χ3v) is 3.73. The molecule has 0 unspecified atom stereocenters. The molecule has 2 heterocycles. The largest absolute Gasteiger partial charge is 0.394 e. The van der Waals surface area contributed by atoms with Crippen molar-refractivity contribution in [2.45, 2.75) is 37.6 Å². The van der Waals surface area contributed by atoms with Crippen molar-refractivity contribution in [3.8, 4) is 0 Å². The van der Waals surface area contributed by atoms with E-state index in [1.807, 2.05) is 24.4 Å². The Kier molecular flexibility index (Phi) is 2.91. The fourth-order valence-corrected chi connectivity index (χ4v) is 2.67. The predicted octanol–water partition coefficient (Wildman–Crippen LogP) is 1.84. The van der Waals surface area contributed by atoms with Crippen LogP contribution in [0.5, 0.6) is 0 Å². The highest BCUT2D eigenvalue weighted by Gasteiger charge is 2.32. The number of pyridine rings is 1. The Morgan fingerprint density at radius 2 is 2.11 bits per heavy atom. The lowest BCUT2D eigenvalue weighted by molar-refractivity contribution is 0.172. The molecule has 5 nitrogen and oxygen atoms in total. The number of nitrogens with one attached hydrogen (secondary N) is 1. The summed E-state index contributed by atoms with van der Waals surface area (Å²) in [5, 5.41) is 17.4. The van der Waals surface area contributed by atoms with E-state index in [2.05, 4.69) is 15.4 Å². The number of anilines is 1. The number of fused-ring (bicyclic) bond motifs is 1. The number of hydrogen-bond acceptors (Lipinski definition) is 4. The van der Waals surface area contributed by atoms with E-state index in [0.29, 0.717) is 5.95 Å². The highest BCUT2D eigenvalue weighted by Crippen LogP contribution is 2.30. The molecule has 1 aliphatic rings. The molecule has 1 aliphatic carbocycles. The number of hydrogen-bond donors (Lipinski definition) is 2. The molecule has 5 heteroatoms. The van der Waals surface area contributed by atoms with Gasteiger partial charge in [0, 0.05) is 6.20 Å². The Hall–Kier alpha value is -1.62. The molecular formula is C13H18N4O. The van der Waals surface area contributed by atoms with Gasteiger partial charge in [-0.15, -0.1) is 5.10 Å². The van der Waals surface area contributed by atoms with Gasteiger partial charge in [-0.1, -0.05) is 25.3 Å². The zero-order valence-electron chi connectivity index (χ0n) is 10.3. The molecule has 96 valence electrons. The van der Waals surface area contributed by atoms with Crippen LogP contribution in [0, 0.1) is 0 Å². The lowest BCUT2D eigenvalue weighted by atomic mass is 9.82. The maximum atomic E-state index is 9.65. The second-order valence-corrected chi connectivity index (χ2v) is 5.06. The van der Waals surface area contributed by atoms with Crippen LogP contribution in [0.3, 0.4) is 0 Å². The van der Waals surface area contributed by atoms with Gasteiger partial charge in [-0.3, -0.25) is 0 Å². The SMILES string of the molecule is OCC1(Nc2nc3ccccn3n2)CCCCC1. The Morgan fingerprint density at radius 3 is 2.83 bits per heavy atom. The van der Waals surface area contributed by atoms with Crippen molar-refractivity contribution in [1.82, 2.24) is 14.6 Å². The fourth-order valence-electron chi connectivity index (χ4n) is 2.67. The van der Waals surface area contributed by atoms with Gasteiger partial charge in [-0.05, 0) is 25.0 Å². The van der Waals surface area contributed by atoms with Crippen molar-refractivity contribution in [3.63, 3.8) is 0 Å². The summed E-state index contributed by atoms with van der Waals surface area (Å²) in [5.41, 5.74) is 0.590. The van der Waals surface area contributed by atoms with E-state index in [1.165, 1.54) is 6.42 Å². The number of nitrogens with zero attached hydrogens (tertiary/aromatic N) is 3. The zero-order valence-corrected chi connectivity index (χ0v) is 10.3. The van der Waals surface area contributed by atoms with Crippen LogP contribution in [0.2, 0.25) is 0 Å². The molecule has 1 fully saturated rings. The van der Waals surface area contributed by atoms with Crippen molar-refractivity contribution in [2.75, 3.05) is 11.9 Å². The van der Waals surface area contributed by atoms with Crippen LogP contribution in [0.15, 0.2) is 24.4 Å². The van der Waals surface area contributed by atoms with Crippen molar-refractivity contribution >= 4 is 11.6 Å². The quantitative estimate of drug-likeness (QED) is 0.867. The average molecular weight is 246 g/mol. The molecule has 0 aliphatic heterocycles. The molecule has 0 aromatic carbocycles. The van der Waals surface area contributed by atoms with E-state index in [0.717, 1.165) is 31.3 Å². The molecule has 2 N–H and O–H groups in total. The lowest BCUT2D eigenvalue weighted by Gasteiger charge is -2.35. The van der Waals surface area contributed by atoms with E-state index in [4.69, 9.17) is 0 Å². The van der Waals surface area contributed by atoms with Gasteiger partial charge in [-0.25, -0.2) is 4.52 Å². The first-order chi connectivity index (χ1) is 8.81. The van der Waals surface area contributed by atoms with Gasteiger partial charge >= 0.3 is 0 Å². The van der Waals surface area contributed by atoms with Crippen LogP contribution in [0.4, 0.5) is 5.95 Å². The summed E-state index contributed by atoms with van der Waals surface area (Å²) in [5.74, 6) is 0.608. The van der Waals surface area contributed by atoms with Crippen LogP contribution >= 0.6 is 0 Å². The van der Waals surface area contributed by atoms with E-state index >= 15 is 0 Å². The van der Waals surface area contributed by atoms with Crippen LogP contribution < -0.4 is 5.32 Å². The topological polar surface area (TPSA) is 62.5 Å². The molecule has 2 aromatic heterocycles. The molecule has 3 rings (SSSR count).